The monoisotopic (exact) mass is 478 g/mol. The van der Waals surface area contributed by atoms with Gasteiger partial charge in [0.25, 0.3) is 5.91 Å². The summed E-state index contributed by atoms with van der Waals surface area (Å²) in [5, 5.41) is 11.5. The zero-order valence-electron chi connectivity index (χ0n) is 18.3. The van der Waals surface area contributed by atoms with Crippen LogP contribution in [0.3, 0.4) is 0 Å². The Balaban J connectivity index is 0.00000274. The first-order valence-electron chi connectivity index (χ1n) is 10.6. The summed E-state index contributed by atoms with van der Waals surface area (Å²) in [6.07, 6.45) is 2.76. The minimum atomic E-state index is -0.691. The average Bonchev–Trinajstić information content (AvgIpc) is 3.36. The van der Waals surface area contributed by atoms with Crippen LogP contribution < -0.4 is 16.5 Å². The number of benzene rings is 2. The van der Waals surface area contributed by atoms with Gasteiger partial charge in [0, 0.05) is 28.2 Å². The summed E-state index contributed by atoms with van der Waals surface area (Å²) in [4.78, 5) is 28.7. The number of nitrogens with two attached hydrogens (primary N) is 1. The second-order valence-electron chi connectivity index (χ2n) is 8.01. The Bertz CT molecular complexity index is 1390. The Morgan fingerprint density at radius 1 is 1.21 bits per heavy atom. The summed E-state index contributed by atoms with van der Waals surface area (Å²) in [5.41, 5.74) is 13.3. The molecule has 0 saturated carbocycles. The van der Waals surface area contributed by atoms with Crippen molar-refractivity contribution in [3.8, 4) is 11.5 Å². The van der Waals surface area contributed by atoms with Crippen LogP contribution in [0.1, 0.15) is 33.6 Å². The molecule has 0 fully saturated rings. The van der Waals surface area contributed by atoms with Crippen LogP contribution in [0.4, 0.5) is 5.69 Å². The van der Waals surface area contributed by atoms with Gasteiger partial charge in [0.2, 0.25) is 5.91 Å². The van der Waals surface area contributed by atoms with E-state index in [-0.39, 0.29) is 24.2 Å². The Labute approximate surface area is 201 Å². The number of aryl methyl sites for hydroxylation is 2. The molecule has 2 amide bonds. The van der Waals surface area contributed by atoms with Gasteiger partial charge in [0.15, 0.2) is 5.76 Å². The number of hydrogen-bond acceptors (Lipinski definition) is 6. The lowest BCUT2D eigenvalue weighted by atomic mass is 10.0. The number of carbonyl (C=O) groups excluding carboxylic acids is 2. The minimum Gasteiger partial charge on any atom is -0.354 e. The van der Waals surface area contributed by atoms with Gasteiger partial charge in [0.05, 0.1) is 29.2 Å². The third-order valence-electron chi connectivity index (χ3n) is 5.61. The SMILES string of the molecule is Cc1cc(-c2[nH]c3cc(NC(=O)[C@H](N)CCc4ccccc4)cc4c3c2C=NNC4=O)on1.Cl. The van der Waals surface area contributed by atoms with Crippen LogP contribution in [0, 0.1) is 6.92 Å². The van der Waals surface area contributed by atoms with Gasteiger partial charge in [-0.05, 0) is 37.5 Å². The number of H-pyrrole nitrogens is 1. The molecule has 5 N–H and O–H groups in total. The number of anilines is 1. The highest BCUT2D eigenvalue weighted by molar-refractivity contribution is 6.18. The van der Waals surface area contributed by atoms with Gasteiger partial charge in [-0.15, -0.1) is 12.4 Å². The molecule has 4 aromatic rings. The molecule has 0 spiro atoms. The molecular weight excluding hydrogens is 456 g/mol. The number of rotatable bonds is 6. The largest absolute Gasteiger partial charge is 0.354 e. The van der Waals surface area contributed by atoms with Crippen molar-refractivity contribution in [3.63, 3.8) is 0 Å². The zero-order valence-corrected chi connectivity index (χ0v) is 19.1. The topological polar surface area (TPSA) is 138 Å². The predicted molar refractivity (Wildman–Crippen MR) is 132 cm³/mol. The molecule has 1 atom stereocenters. The number of carbonyl (C=O) groups is 2. The van der Waals surface area contributed by atoms with Crippen molar-refractivity contribution in [2.45, 2.75) is 25.8 Å². The Kier molecular flexibility index (Phi) is 6.49. The maximum Gasteiger partial charge on any atom is 0.272 e. The van der Waals surface area contributed by atoms with E-state index in [1.165, 1.54) is 0 Å². The molecule has 0 bridgehead atoms. The summed E-state index contributed by atoms with van der Waals surface area (Å²) in [6.45, 7) is 1.83. The molecule has 0 aliphatic carbocycles. The van der Waals surface area contributed by atoms with Gasteiger partial charge < -0.3 is 20.6 Å². The lowest BCUT2D eigenvalue weighted by Crippen LogP contribution is -2.36. The molecule has 10 heteroatoms. The molecule has 34 heavy (non-hydrogen) atoms. The number of nitrogens with one attached hydrogen (secondary N) is 3. The lowest BCUT2D eigenvalue weighted by molar-refractivity contribution is -0.117. The second kappa shape index (κ2) is 9.50. The minimum absolute atomic E-state index is 0. The van der Waals surface area contributed by atoms with Crippen molar-refractivity contribution >= 4 is 47.0 Å². The van der Waals surface area contributed by atoms with Gasteiger partial charge in [-0.3, -0.25) is 9.59 Å². The number of nitrogens with zero attached hydrogens (tertiary/aromatic N) is 2. The van der Waals surface area contributed by atoms with Gasteiger partial charge in [-0.1, -0.05) is 35.5 Å². The van der Waals surface area contributed by atoms with Crippen LogP contribution in [0.25, 0.3) is 22.4 Å². The quantitative estimate of drug-likeness (QED) is 0.336. The summed E-state index contributed by atoms with van der Waals surface area (Å²) < 4.78 is 5.41. The van der Waals surface area contributed by atoms with E-state index >= 15 is 0 Å². The highest BCUT2D eigenvalue weighted by Gasteiger charge is 2.24. The van der Waals surface area contributed by atoms with Crippen molar-refractivity contribution in [2.24, 2.45) is 10.8 Å². The molecule has 5 rings (SSSR count). The van der Waals surface area contributed by atoms with Gasteiger partial charge in [-0.2, -0.15) is 5.10 Å². The van der Waals surface area contributed by atoms with Gasteiger partial charge in [-0.25, -0.2) is 5.43 Å². The summed E-state index contributed by atoms with van der Waals surface area (Å²) in [5.74, 6) is -0.168. The number of halogens is 1. The van der Waals surface area contributed by atoms with E-state index in [0.29, 0.717) is 52.0 Å². The van der Waals surface area contributed by atoms with Crippen LogP contribution in [-0.4, -0.2) is 34.2 Å². The third kappa shape index (κ3) is 4.43. The van der Waals surface area contributed by atoms with Crippen LogP contribution in [0.15, 0.2) is 58.2 Å². The zero-order chi connectivity index (χ0) is 22.9. The Morgan fingerprint density at radius 2 is 2.00 bits per heavy atom. The van der Waals surface area contributed by atoms with Gasteiger partial charge >= 0.3 is 0 Å². The van der Waals surface area contributed by atoms with Crippen molar-refractivity contribution in [3.05, 3.63) is 70.9 Å². The molecule has 0 unspecified atom stereocenters. The first-order chi connectivity index (χ1) is 16.0. The van der Waals surface area contributed by atoms with Crippen molar-refractivity contribution in [2.75, 3.05) is 5.32 Å². The number of hydrazone groups is 1. The van der Waals surface area contributed by atoms with E-state index in [1.54, 1.807) is 24.4 Å². The molecule has 1 aliphatic rings. The first-order valence-corrected chi connectivity index (χ1v) is 10.6. The van der Waals surface area contributed by atoms with E-state index in [2.05, 4.69) is 26.0 Å². The molecule has 9 nitrogen and oxygen atoms in total. The molecule has 0 saturated heterocycles. The maximum atomic E-state index is 12.7. The fourth-order valence-electron chi connectivity index (χ4n) is 3.96. The van der Waals surface area contributed by atoms with Crippen molar-refractivity contribution < 1.29 is 14.1 Å². The average molecular weight is 479 g/mol. The molecule has 3 heterocycles. The first kappa shape index (κ1) is 23.2. The smallest absolute Gasteiger partial charge is 0.272 e. The highest BCUT2D eigenvalue weighted by Crippen LogP contribution is 2.34. The lowest BCUT2D eigenvalue weighted by Gasteiger charge is -2.13. The standard InChI is InChI=1S/C24H22N6O3.ClH/c1-13-9-20(33-30-13)22-17-12-26-29-23(31)16-10-15(11-19(28-22)21(16)17)27-24(32)18(25)8-7-14-5-3-2-4-6-14;/h2-6,9-12,18,28H,7-8,25H2,1H3,(H,27,32)(H,29,31);1H/t18-;/m1./s1. The van der Waals surface area contributed by atoms with E-state index in [4.69, 9.17) is 10.3 Å². The second-order valence-corrected chi connectivity index (χ2v) is 8.01. The Morgan fingerprint density at radius 3 is 2.74 bits per heavy atom. The summed E-state index contributed by atoms with van der Waals surface area (Å²) in [7, 11) is 0. The molecule has 0 radical (unpaired) electrons. The van der Waals surface area contributed by atoms with Crippen molar-refractivity contribution in [1.82, 2.24) is 15.6 Å². The number of aromatic amines is 1. The maximum absolute atomic E-state index is 12.7. The fraction of sp³-hybridized carbons (Fsp3) is 0.167. The summed E-state index contributed by atoms with van der Waals surface area (Å²) in [6, 6.07) is 14.4. The van der Waals surface area contributed by atoms with E-state index in [9.17, 15) is 9.59 Å². The van der Waals surface area contributed by atoms with E-state index < -0.39 is 6.04 Å². The number of amides is 2. The predicted octanol–water partition coefficient (Wildman–Crippen LogP) is 3.53. The van der Waals surface area contributed by atoms with Crippen molar-refractivity contribution in [1.29, 1.82) is 0 Å². The number of hydrogen-bond donors (Lipinski definition) is 4. The molecule has 174 valence electrons. The van der Waals surface area contributed by atoms with Crippen LogP contribution >= 0.6 is 12.4 Å². The third-order valence-corrected chi connectivity index (χ3v) is 5.61. The van der Waals surface area contributed by atoms with Gasteiger partial charge in [0.1, 0.15) is 0 Å². The molecule has 2 aromatic carbocycles. The molecule has 1 aliphatic heterocycles. The molecular formula is C24H23ClN6O3. The highest BCUT2D eigenvalue weighted by atomic mass is 35.5. The van der Waals surface area contributed by atoms with E-state index in [0.717, 1.165) is 11.3 Å². The normalized spacial score (nSPS) is 13.2. The Hall–Kier alpha value is -3.95. The fourth-order valence-corrected chi connectivity index (χ4v) is 3.96. The summed E-state index contributed by atoms with van der Waals surface area (Å²) >= 11 is 0. The van der Waals surface area contributed by atoms with Crippen LogP contribution in [0.5, 0.6) is 0 Å². The van der Waals surface area contributed by atoms with E-state index in [1.807, 2.05) is 37.3 Å². The van der Waals surface area contributed by atoms with Crippen LogP contribution in [-0.2, 0) is 11.2 Å². The van der Waals surface area contributed by atoms with Crippen LogP contribution in [0.2, 0.25) is 0 Å². The number of aromatic nitrogens is 2. The molecule has 2 aromatic heterocycles.